The molecule has 7 heteroatoms. The first-order valence-corrected chi connectivity index (χ1v) is 5.44. The molecule has 0 aliphatic heterocycles. The Kier molecular flexibility index (Phi) is 10.5. The summed E-state index contributed by atoms with van der Waals surface area (Å²) in [5, 5.41) is 0. The number of hydrogen-bond donors (Lipinski definition) is 0. The fourth-order valence-corrected chi connectivity index (χ4v) is 0.890. The van der Waals surface area contributed by atoms with Crippen LogP contribution in [0.15, 0.2) is 0 Å². The topological polar surface area (TPSA) is 36.9 Å². The maximum Gasteiger partial charge on any atom is 0.411 e. The molecule has 0 aliphatic rings. The van der Waals surface area contributed by atoms with Gasteiger partial charge >= 0.3 is 6.18 Å². The number of hydrogen-bond acceptors (Lipinski definition) is 4. The van der Waals surface area contributed by atoms with Crippen LogP contribution in [0.25, 0.3) is 0 Å². The van der Waals surface area contributed by atoms with Gasteiger partial charge in [0.1, 0.15) is 6.61 Å². The lowest BCUT2D eigenvalue weighted by Gasteiger charge is -2.08. The van der Waals surface area contributed by atoms with Crippen molar-refractivity contribution in [3.8, 4) is 0 Å². The van der Waals surface area contributed by atoms with E-state index in [1.54, 1.807) is 0 Å². The van der Waals surface area contributed by atoms with Crippen LogP contribution in [0.4, 0.5) is 13.2 Å². The van der Waals surface area contributed by atoms with Crippen LogP contribution >= 0.6 is 0 Å². The van der Waals surface area contributed by atoms with Crippen LogP contribution in [-0.2, 0) is 18.9 Å². The predicted octanol–water partition coefficient (Wildman–Crippen LogP) is 1.63. The molecule has 0 aliphatic carbocycles. The molecule has 0 spiro atoms. The molecule has 0 aromatic rings. The van der Waals surface area contributed by atoms with Crippen molar-refractivity contribution in [2.45, 2.75) is 13.1 Å². The van der Waals surface area contributed by atoms with Crippen molar-refractivity contribution in [2.75, 3.05) is 52.9 Å². The van der Waals surface area contributed by atoms with Gasteiger partial charge in [-0.05, 0) is 6.92 Å². The van der Waals surface area contributed by atoms with Gasteiger partial charge in [-0.1, -0.05) is 0 Å². The Bertz CT molecular complexity index is 164. The molecule has 0 radical (unpaired) electrons. The van der Waals surface area contributed by atoms with Gasteiger partial charge in [0.25, 0.3) is 0 Å². The van der Waals surface area contributed by atoms with E-state index >= 15 is 0 Å². The van der Waals surface area contributed by atoms with Crippen molar-refractivity contribution in [3.63, 3.8) is 0 Å². The zero-order valence-electron chi connectivity index (χ0n) is 9.92. The van der Waals surface area contributed by atoms with E-state index in [1.807, 2.05) is 6.92 Å². The Morgan fingerprint density at radius 3 is 1.53 bits per heavy atom. The fraction of sp³-hybridized carbons (Fsp3) is 1.00. The van der Waals surface area contributed by atoms with Crippen molar-refractivity contribution in [1.82, 2.24) is 0 Å². The normalized spacial score (nSPS) is 12.0. The third-order valence-electron chi connectivity index (χ3n) is 1.59. The highest BCUT2D eigenvalue weighted by Crippen LogP contribution is 2.13. The Balaban J connectivity index is 2.99. The molecular weight excluding hydrogens is 241 g/mol. The van der Waals surface area contributed by atoms with Gasteiger partial charge in [-0.25, -0.2) is 0 Å². The molecule has 4 nitrogen and oxygen atoms in total. The van der Waals surface area contributed by atoms with Crippen LogP contribution in [0, 0.1) is 0 Å². The highest BCUT2D eigenvalue weighted by atomic mass is 19.4. The van der Waals surface area contributed by atoms with Crippen molar-refractivity contribution in [1.29, 1.82) is 0 Å². The summed E-state index contributed by atoms with van der Waals surface area (Å²) in [6.07, 6.45) is -4.28. The Morgan fingerprint density at radius 2 is 1.12 bits per heavy atom. The monoisotopic (exact) mass is 260 g/mol. The van der Waals surface area contributed by atoms with Gasteiger partial charge in [0, 0.05) is 6.61 Å². The summed E-state index contributed by atoms with van der Waals surface area (Å²) in [6.45, 7) is 3.12. The molecule has 0 aromatic carbocycles. The average Bonchev–Trinajstić information content (AvgIpc) is 2.24. The Hall–Kier alpha value is -0.370. The molecule has 0 heterocycles. The van der Waals surface area contributed by atoms with Crippen LogP contribution in [0.1, 0.15) is 6.92 Å². The predicted molar refractivity (Wildman–Crippen MR) is 55.0 cm³/mol. The van der Waals surface area contributed by atoms with E-state index in [-0.39, 0.29) is 13.2 Å². The van der Waals surface area contributed by atoms with Crippen molar-refractivity contribution < 1.29 is 32.1 Å². The van der Waals surface area contributed by atoms with Gasteiger partial charge in [0.15, 0.2) is 0 Å². The highest BCUT2D eigenvalue weighted by Gasteiger charge is 2.27. The maximum atomic E-state index is 11.6. The smallest absolute Gasteiger partial charge is 0.379 e. The standard InChI is InChI=1S/C10H19F3O4/c1-2-14-3-4-15-5-6-16-7-8-17-9-10(11,12)13/h2-9H2,1H3. The minimum Gasteiger partial charge on any atom is -0.379 e. The van der Waals surface area contributed by atoms with E-state index in [4.69, 9.17) is 14.2 Å². The number of rotatable bonds is 11. The van der Waals surface area contributed by atoms with Crippen LogP contribution in [-0.4, -0.2) is 59.0 Å². The van der Waals surface area contributed by atoms with Gasteiger partial charge in [0.05, 0.1) is 39.6 Å². The molecule has 0 saturated heterocycles. The molecule has 0 amide bonds. The van der Waals surface area contributed by atoms with Gasteiger partial charge < -0.3 is 18.9 Å². The minimum absolute atomic E-state index is 0.0710. The lowest BCUT2D eigenvalue weighted by atomic mass is 10.6. The molecule has 0 N–H and O–H groups in total. The SMILES string of the molecule is CCOCCOCCOCCOCC(F)(F)F. The average molecular weight is 260 g/mol. The van der Waals surface area contributed by atoms with Gasteiger partial charge in [-0.2, -0.15) is 13.2 Å². The molecule has 104 valence electrons. The molecule has 17 heavy (non-hydrogen) atoms. The molecular formula is C10H19F3O4. The van der Waals surface area contributed by atoms with Crippen LogP contribution in [0.3, 0.4) is 0 Å². The molecule has 0 atom stereocenters. The summed E-state index contributed by atoms with van der Waals surface area (Å²) in [6, 6.07) is 0. The van der Waals surface area contributed by atoms with Gasteiger partial charge in [-0.15, -0.1) is 0 Å². The van der Waals surface area contributed by atoms with Crippen molar-refractivity contribution >= 4 is 0 Å². The first kappa shape index (κ1) is 16.6. The van der Waals surface area contributed by atoms with E-state index in [0.29, 0.717) is 33.0 Å². The van der Waals surface area contributed by atoms with E-state index < -0.39 is 12.8 Å². The van der Waals surface area contributed by atoms with Crippen LogP contribution in [0.5, 0.6) is 0 Å². The van der Waals surface area contributed by atoms with Gasteiger partial charge in [0.2, 0.25) is 0 Å². The number of ether oxygens (including phenoxy) is 4. The van der Waals surface area contributed by atoms with Crippen molar-refractivity contribution in [2.24, 2.45) is 0 Å². The molecule has 0 saturated carbocycles. The Labute approximate surface area is 99.0 Å². The van der Waals surface area contributed by atoms with Crippen LogP contribution in [0.2, 0.25) is 0 Å². The highest BCUT2D eigenvalue weighted by molar-refractivity contribution is 4.45. The zero-order valence-corrected chi connectivity index (χ0v) is 9.92. The summed E-state index contributed by atoms with van der Waals surface area (Å²) in [5.41, 5.74) is 0. The minimum atomic E-state index is -4.28. The first-order valence-electron chi connectivity index (χ1n) is 5.44. The second-order valence-corrected chi connectivity index (χ2v) is 3.09. The zero-order chi connectivity index (χ0) is 13.0. The largest absolute Gasteiger partial charge is 0.411 e. The summed E-state index contributed by atoms with van der Waals surface area (Å²) < 4.78 is 54.4. The molecule has 0 bridgehead atoms. The van der Waals surface area contributed by atoms with E-state index in [9.17, 15) is 13.2 Å². The van der Waals surface area contributed by atoms with Crippen LogP contribution < -0.4 is 0 Å². The second-order valence-electron chi connectivity index (χ2n) is 3.09. The fourth-order valence-electron chi connectivity index (χ4n) is 0.890. The van der Waals surface area contributed by atoms with Gasteiger partial charge in [-0.3, -0.25) is 0 Å². The Morgan fingerprint density at radius 1 is 0.706 bits per heavy atom. The first-order chi connectivity index (χ1) is 8.06. The lowest BCUT2D eigenvalue weighted by molar-refractivity contribution is -0.176. The van der Waals surface area contributed by atoms with Crippen molar-refractivity contribution in [3.05, 3.63) is 0 Å². The summed E-state index contributed by atoms with van der Waals surface area (Å²) in [5.74, 6) is 0. The molecule has 0 fully saturated rings. The molecule has 0 unspecified atom stereocenters. The summed E-state index contributed by atoms with van der Waals surface area (Å²) in [7, 11) is 0. The second kappa shape index (κ2) is 10.8. The van der Waals surface area contributed by atoms with E-state index in [0.717, 1.165) is 0 Å². The maximum absolute atomic E-state index is 11.6. The summed E-state index contributed by atoms with van der Waals surface area (Å²) in [4.78, 5) is 0. The summed E-state index contributed by atoms with van der Waals surface area (Å²) >= 11 is 0. The van der Waals surface area contributed by atoms with E-state index in [2.05, 4.69) is 4.74 Å². The third kappa shape index (κ3) is 15.6. The molecule has 0 rings (SSSR count). The number of halogens is 3. The lowest BCUT2D eigenvalue weighted by Crippen LogP contribution is -2.19. The molecule has 0 aromatic heterocycles. The third-order valence-corrected chi connectivity index (χ3v) is 1.59. The number of alkyl halides is 3. The van der Waals surface area contributed by atoms with E-state index in [1.165, 1.54) is 0 Å². The quantitative estimate of drug-likeness (QED) is 0.529.